The molecule has 0 aromatic carbocycles. The largest absolute Gasteiger partial charge is 0.346 e. The summed E-state index contributed by atoms with van der Waals surface area (Å²) in [6.07, 6.45) is 2.51. The normalized spacial score (nSPS) is 26.7. The number of nitrogens with zero attached hydrogens (tertiary/aromatic N) is 3. The van der Waals surface area contributed by atoms with Gasteiger partial charge in [-0.15, -0.1) is 0 Å². The smallest absolute Gasteiger partial charge is 0.0863 e. The number of hydrogen-bond donors (Lipinski definition) is 1. The average molecular weight is 182 g/mol. The first-order chi connectivity index (χ1) is 6.38. The van der Waals surface area contributed by atoms with Crippen LogP contribution in [0.5, 0.6) is 0 Å². The maximum atomic E-state index is 4.24. The van der Waals surface area contributed by atoms with Crippen molar-refractivity contribution in [3.8, 4) is 0 Å². The lowest BCUT2D eigenvalue weighted by Crippen LogP contribution is -2.53. The molecule has 0 aromatic rings. The maximum Gasteiger partial charge on any atom is 0.0863 e. The molecule has 1 atom stereocenters. The lowest BCUT2D eigenvalue weighted by Gasteiger charge is -2.37. The van der Waals surface area contributed by atoms with Gasteiger partial charge in [0.25, 0.3) is 0 Å². The summed E-state index contributed by atoms with van der Waals surface area (Å²) in [4.78, 5) is 9.07. The van der Waals surface area contributed by atoms with E-state index in [1.165, 1.54) is 0 Å². The molecule has 0 radical (unpaired) electrons. The summed E-state index contributed by atoms with van der Waals surface area (Å²) in [5.74, 6) is 0. The second-order valence-electron chi connectivity index (χ2n) is 3.68. The molecule has 0 spiro atoms. The Kier molecular flexibility index (Phi) is 2.80. The van der Waals surface area contributed by atoms with E-state index >= 15 is 0 Å². The van der Waals surface area contributed by atoms with Crippen LogP contribution in [-0.2, 0) is 0 Å². The molecule has 13 heavy (non-hydrogen) atoms. The molecule has 2 aliphatic rings. The molecule has 1 saturated heterocycles. The van der Waals surface area contributed by atoms with E-state index in [9.17, 15) is 0 Å². The molecule has 1 fully saturated rings. The maximum absolute atomic E-state index is 4.24. The van der Waals surface area contributed by atoms with Gasteiger partial charge in [0.15, 0.2) is 0 Å². The van der Waals surface area contributed by atoms with E-state index in [0.29, 0.717) is 6.17 Å². The van der Waals surface area contributed by atoms with Gasteiger partial charge in [-0.05, 0) is 6.92 Å². The molecule has 1 N–H and O–H groups in total. The third-order valence-corrected chi connectivity index (χ3v) is 2.88. The quantitative estimate of drug-likeness (QED) is 0.629. The Labute approximate surface area is 79.6 Å². The Morgan fingerprint density at radius 1 is 1.31 bits per heavy atom. The molecule has 4 heteroatoms. The lowest BCUT2D eigenvalue weighted by atomic mass is 10.3. The molecule has 0 aromatic heterocycles. The van der Waals surface area contributed by atoms with Gasteiger partial charge in [-0.25, -0.2) is 0 Å². The Bertz CT molecular complexity index is 186. The highest BCUT2D eigenvalue weighted by Gasteiger charge is 2.21. The van der Waals surface area contributed by atoms with Crippen molar-refractivity contribution in [2.75, 3.05) is 39.3 Å². The highest BCUT2D eigenvalue weighted by molar-refractivity contribution is 5.57. The second kappa shape index (κ2) is 4.07. The average Bonchev–Trinajstić information content (AvgIpc) is 2.71. The summed E-state index contributed by atoms with van der Waals surface area (Å²) in [5.41, 5.74) is 0. The van der Waals surface area contributed by atoms with E-state index in [2.05, 4.69) is 27.0 Å². The van der Waals surface area contributed by atoms with Crippen molar-refractivity contribution in [3.05, 3.63) is 0 Å². The first kappa shape index (κ1) is 8.97. The SMILES string of the molecule is CC(N1C=NCC1)N1CCNCC1. The summed E-state index contributed by atoms with van der Waals surface area (Å²) < 4.78 is 0. The minimum absolute atomic E-state index is 0.522. The molecule has 74 valence electrons. The van der Waals surface area contributed by atoms with Crippen molar-refractivity contribution in [2.45, 2.75) is 13.1 Å². The van der Waals surface area contributed by atoms with Crippen molar-refractivity contribution in [1.82, 2.24) is 15.1 Å². The fourth-order valence-corrected chi connectivity index (χ4v) is 1.94. The van der Waals surface area contributed by atoms with Crippen molar-refractivity contribution in [1.29, 1.82) is 0 Å². The van der Waals surface area contributed by atoms with Crippen LogP contribution in [0, 0.1) is 0 Å². The minimum atomic E-state index is 0.522. The molecule has 0 amide bonds. The van der Waals surface area contributed by atoms with Crippen LogP contribution in [-0.4, -0.2) is 61.6 Å². The van der Waals surface area contributed by atoms with Crippen molar-refractivity contribution >= 4 is 6.34 Å². The molecule has 2 rings (SSSR count). The Hall–Kier alpha value is -0.610. The molecule has 0 aliphatic carbocycles. The molecular weight excluding hydrogens is 164 g/mol. The predicted molar refractivity (Wildman–Crippen MR) is 54.0 cm³/mol. The van der Waals surface area contributed by atoms with Crippen LogP contribution in [0.2, 0.25) is 0 Å². The van der Waals surface area contributed by atoms with E-state index in [1.54, 1.807) is 0 Å². The fraction of sp³-hybridized carbons (Fsp3) is 0.889. The third-order valence-electron chi connectivity index (χ3n) is 2.88. The molecule has 4 nitrogen and oxygen atoms in total. The van der Waals surface area contributed by atoms with Gasteiger partial charge < -0.3 is 10.2 Å². The monoisotopic (exact) mass is 182 g/mol. The Morgan fingerprint density at radius 3 is 2.69 bits per heavy atom. The zero-order chi connectivity index (χ0) is 9.10. The zero-order valence-electron chi connectivity index (χ0n) is 8.24. The first-order valence-corrected chi connectivity index (χ1v) is 5.08. The van der Waals surface area contributed by atoms with Gasteiger partial charge in [0.1, 0.15) is 0 Å². The van der Waals surface area contributed by atoms with Crippen LogP contribution < -0.4 is 5.32 Å². The van der Waals surface area contributed by atoms with Crippen LogP contribution in [0.1, 0.15) is 6.92 Å². The van der Waals surface area contributed by atoms with Gasteiger partial charge in [-0.2, -0.15) is 0 Å². The summed E-state index contributed by atoms with van der Waals surface area (Å²) in [6, 6.07) is 0. The van der Waals surface area contributed by atoms with E-state index in [4.69, 9.17) is 0 Å². The fourth-order valence-electron chi connectivity index (χ4n) is 1.94. The van der Waals surface area contributed by atoms with Crippen molar-refractivity contribution < 1.29 is 0 Å². The van der Waals surface area contributed by atoms with E-state index in [1.807, 2.05) is 6.34 Å². The van der Waals surface area contributed by atoms with Gasteiger partial charge in [0.05, 0.1) is 19.0 Å². The molecule has 2 heterocycles. The Balaban J connectivity index is 1.87. The van der Waals surface area contributed by atoms with Gasteiger partial charge in [0.2, 0.25) is 0 Å². The number of hydrogen-bond acceptors (Lipinski definition) is 4. The summed E-state index contributed by atoms with van der Waals surface area (Å²) >= 11 is 0. The highest BCUT2D eigenvalue weighted by atomic mass is 15.4. The van der Waals surface area contributed by atoms with E-state index < -0.39 is 0 Å². The first-order valence-electron chi connectivity index (χ1n) is 5.08. The number of aliphatic imine (C=N–C) groups is 1. The van der Waals surface area contributed by atoms with Crippen LogP contribution in [0.3, 0.4) is 0 Å². The molecule has 1 unspecified atom stereocenters. The minimum Gasteiger partial charge on any atom is -0.346 e. The molecular formula is C9H18N4. The summed E-state index contributed by atoms with van der Waals surface area (Å²) in [7, 11) is 0. The predicted octanol–water partition coefficient (Wildman–Crippen LogP) is -0.418. The van der Waals surface area contributed by atoms with Crippen LogP contribution in [0.15, 0.2) is 4.99 Å². The number of nitrogens with one attached hydrogen (secondary N) is 1. The van der Waals surface area contributed by atoms with Crippen molar-refractivity contribution in [2.24, 2.45) is 4.99 Å². The number of rotatable bonds is 2. The number of piperazine rings is 1. The van der Waals surface area contributed by atoms with Crippen molar-refractivity contribution in [3.63, 3.8) is 0 Å². The standard InChI is InChI=1S/C9H18N4/c1-9(13-7-4-11-8-13)12-5-2-10-3-6-12/h8-10H,2-7H2,1H3. The van der Waals surface area contributed by atoms with Gasteiger partial charge >= 0.3 is 0 Å². The molecule has 0 bridgehead atoms. The second-order valence-corrected chi connectivity index (χ2v) is 3.68. The van der Waals surface area contributed by atoms with E-state index in [0.717, 1.165) is 39.3 Å². The van der Waals surface area contributed by atoms with Gasteiger partial charge in [0, 0.05) is 32.7 Å². The lowest BCUT2D eigenvalue weighted by molar-refractivity contribution is 0.101. The summed E-state index contributed by atoms with van der Waals surface area (Å²) in [5, 5.41) is 3.37. The van der Waals surface area contributed by atoms with Gasteiger partial charge in [-0.3, -0.25) is 9.89 Å². The highest BCUT2D eigenvalue weighted by Crippen LogP contribution is 2.07. The van der Waals surface area contributed by atoms with Crippen LogP contribution in [0.25, 0.3) is 0 Å². The van der Waals surface area contributed by atoms with Gasteiger partial charge in [-0.1, -0.05) is 0 Å². The summed E-state index contributed by atoms with van der Waals surface area (Å²) in [6.45, 7) is 8.88. The van der Waals surface area contributed by atoms with Crippen LogP contribution in [0.4, 0.5) is 0 Å². The molecule has 2 aliphatic heterocycles. The topological polar surface area (TPSA) is 30.9 Å². The zero-order valence-corrected chi connectivity index (χ0v) is 8.24. The van der Waals surface area contributed by atoms with E-state index in [-0.39, 0.29) is 0 Å². The van der Waals surface area contributed by atoms with Crippen LogP contribution >= 0.6 is 0 Å². The Morgan fingerprint density at radius 2 is 2.08 bits per heavy atom. The molecule has 0 saturated carbocycles. The third kappa shape index (κ3) is 2.00.